The van der Waals surface area contributed by atoms with Crippen LogP contribution >= 0.6 is 0 Å². The summed E-state index contributed by atoms with van der Waals surface area (Å²) in [5, 5.41) is 4.09. The average molecular weight is 652 g/mol. The van der Waals surface area contributed by atoms with Crippen LogP contribution < -0.4 is 0 Å². The Hall–Kier alpha value is -6.14. The number of hydrogen-bond donors (Lipinski definition) is 0. The molecular formula is C44H33N3O3. The van der Waals surface area contributed by atoms with Gasteiger partial charge in [0, 0.05) is 16.2 Å². The fourth-order valence-corrected chi connectivity index (χ4v) is 7.73. The standard InChI is InChI=1S/C44H33N3O3/c1-24(2)32-21-27(26-11-6-5-7-12-26)22-33(25(3)4)39(32)47-40-34(18-19-35-43(40)48-23-45-35)46-44(47)31-15-10-14-28-29-17-20-37-38(42(29)50-41(28)31)30-13-8-9-16-36(30)49-37/h5-25H,1-4H3. The minimum atomic E-state index is 0.218. The second-order valence-electron chi connectivity index (χ2n) is 13.8. The summed E-state index contributed by atoms with van der Waals surface area (Å²) in [4.78, 5) is 9.94. The summed E-state index contributed by atoms with van der Waals surface area (Å²) in [6, 6.07) is 38.0. The fraction of sp³-hybridized carbons (Fsp3) is 0.136. The van der Waals surface area contributed by atoms with Gasteiger partial charge in [0.15, 0.2) is 12.0 Å². The Morgan fingerprint density at radius 2 is 1.30 bits per heavy atom. The predicted octanol–water partition coefficient (Wildman–Crippen LogP) is 12.5. The maximum Gasteiger partial charge on any atom is 0.182 e. The average Bonchev–Trinajstić information content (AvgIpc) is 3.93. The van der Waals surface area contributed by atoms with Crippen molar-refractivity contribution in [1.82, 2.24) is 14.5 Å². The maximum atomic E-state index is 6.96. The molecule has 0 aliphatic rings. The molecule has 0 saturated heterocycles. The van der Waals surface area contributed by atoms with Gasteiger partial charge in [-0.2, -0.15) is 0 Å². The molecule has 6 nitrogen and oxygen atoms in total. The van der Waals surface area contributed by atoms with Crippen LogP contribution in [0.1, 0.15) is 50.7 Å². The molecule has 4 heterocycles. The molecule has 4 aromatic heterocycles. The number of fused-ring (bicyclic) bond motifs is 10. The molecule has 6 heteroatoms. The Bertz CT molecular complexity index is 2910. The molecule has 0 unspecified atom stereocenters. The van der Waals surface area contributed by atoms with Crippen molar-refractivity contribution in [2.45, 2.75) is 39.5 Å². The Labute approximate surface area is 287 Å². The van der Waals surface area contributed by atoms with Gasteiger partial charge in [-0.05, 0) is 82.6 Å². The smallest absolute Gasteiger partial charge is 0.182 e. The highest BCUT2D eigenvalue weighted by Crippen LogP contribution is 2.45. The fourth-order valence-electron chi connectivity index (χ4n) is 7.73. The first-order chi connectivity index (χ1) is 24.5. The van der Waals surface area contributed by atoms with Crippen LogP contribution in [0.25, 0.3) is 94.2 Å². The summed E-state index contributed by atoms with van der Waals surface area (Å²) in [7, 11) is 0. The first-order valence-corrected chi connectivity index (χ1v) is 17.2. The van der Waals surface area contributed by atoms with Gasteiger partial charge in [-0.15, -0.1) is 0 Å². The van der Waals surface area contributed by atoms with Gasteiger partial charge in [0.1, 0.15) is 39.2 Å². The van der Waals surface area contributed by atoms with Crippen molar-refractivity contribution >= 4 is 66.0 Å². The highest BCUT2D eigenvalue weighted by Gasteiger charge is 2.28. The highest BCUT2D eigenvalue weighted by molar-refractivity contribution is 6.23. The van der Waals surface area contributed by atoms with Gasteiger partial charge in [0.25, 0.3) is 0 Å². The molecule has 0 bridgehead atoms. The number of furan rings is 2. The lowest BCUT2D eigenvalue weighted by Gasteiger charge is -2.24. The van der Waals surface area contributed by atoms with Crippen LogP contribution in [-0.4, -0.2) is 14.5 Å². The summed E-state index contributed by atoms with van der Waals surface area (Å²) in [6.45, 7) is 9.06. The minimum Gasteiger partial charge on any atom is -0.456 e. The normalized spacial score (nSPS) is 12.4. The van der Waals surface area contributed by atoms with Crippen molar-refractivity contribution in [2.24, 2.45) is 0 Å². The first kappa shape index (κ1) is 28.8. The van der Waals surface area contributed by atoms with Gasteiger partial charge in [0.2, 0.25) is 0 Å². The topological polar surface area (TPSA) is 70.1 Å². The Balaban J connectivity index is 1.34. The number of nitrogens with zero attached hydrogens (tertiary/aromatic N) is 3. The Kier molecular flexibility index (Phi) is 6.16. The van der Waals surface area contributed by atoms with Crippen molar-refractivity contribution in [2.75, 3.05) is 0 Å². The lowest BCUT2D eigenvalue weighted by Crippen LogP contribution is -2.09. The molecule has 242 valence electrons. The molecule has 0 N–H and O–H groups in total. The van der Waals surface area contributed by atoms with E-state index in [-0.39, 0.29) is 11.8 Å². The van der Waals surface area contributed by atoms with Gasteiger partial charge in [-0.3, -0.25) is 4.57 Å². The van der Waals surface area contributed by atoms with E-state index >= 15 is 0 Å². The van der Waals surface area contributed by atoms with Crippen LogP contribution in [0.4, 0.5) is 0 Å². The summed E-state index contributed by atoms with van der Waals surface area (Å²) in [5.74, 6) is 1.23. The summed E-state index contributed by atoms with van der Waals surface area (Å²) < 4.78 is 21.7. The van der Waals surface area contributed by atoms with Gasteiger partial charge < -0.3 is 13.3 Å². The third-order valence-electron chi connectivity index (χ3n) is 10.1. The number of benzene rings is 6. The lowest BCUT2D eigenvalue weighted by molar-refractivity contribution is 0.604. The Morgan fingerprint density at radius 1 is 0.580 bits per heavy atom. The SMILES string of the molecule is CC(C)c1cc(-c2ccccc2)cc(C(C)C)c1-n1c(-c2cccc3c2oc2c3ccc3oc4ccccc4c32)nc2ccc3ncoc3c21. The summed E-state index contributed by atoms with van der Waals surface area (Å²) >= 11 is 0. The van der Waals surface area contributed by atoms with Crippen molar-refractivity contribution < 1.29 is 13.3 Å². The zero-order chi connectivity index (χ0) is 33.7. The molecule has 0 atom stereocenters. The number of rotatable bonds is 5. The number of hydrogen-bond acceptors (Lipinski definition) is 5. The van der Waals surface area contributed by atoms with Crippen molar-refractivity contribution in [3.8, 4) is 28.2 Å². The van der Waals surface area contributed by atoms with Crippen LogP contribution in [-0.2, 0) is 0 Å². The van der Waals surface area contributed by atoms with Gasteiger partial charge in [0.05, 0.1) is 22.2 Å². The van der Waals surface area contributed by atoms with Crippen LogP contribution in [0.5, 0.6) is 0 Å². The quantitative estimate of drug-likeness (QED) is 0.185. The Morgan fingerprint density at radius 3 is 2.10 bits per heavy atom. The first-order valence-electron chi connectivity index (χ1n) is 17.2. The molecule has 6 aromatic carbocycles. The van der Waals surface area contributed by atoms with Crippen LogP contribution in [0.15, 0.2) is 129 Å². The van der Waals surface area contributed by atoms with Crippen LogP contribution in [0, 0.1) is 0 Å². The number of aromatic nitrogens is 3. The van der Waals surface area contributed by atoms with Crippen molar-refractivity contribution in [3.63, 3.8) is 0 Å². The van der Waals surface area contributed by atoms with E-state index < -0.39 is 0 Å². The molecule has 0 spiro atoms. The molecule has 0 aliphatic heterocycles. The predicted molar refractivity (Wildman–Crippen MR) is 202 cm³/mol. The summed E-state index contributed by atoms with van der Waals surface area (Å²) in [6.07, 6.45) is 1.52. The van der Waals surface area contributed by atoms with Crippen molar-refractivity contribution in [1.29, 1.82) is 0 Å². The van der Waals surface area contributed by atoms with Crippen molar-refractivity contribution in [3.05, 3.63) is 127 Å². The third kappa shape index (κ3) is 4.08. The molecule has 0 amide bonds. The van der Waals surface area contributed by atoms with E-state index in [2.05, 4.69) is 110 Å². The minimum absolute atomic E-state index is 0.218. The molecule has 50 heavy (non-hydrogen) atoms. The monoisotopic (exact) mass is 651 g/mol. The summed E-state index contributed by atoms with van der Waals surface area (Å²) in [5.41, 5.74) is 13.3. The maximum absolute atomic E-state index is 6.96. The van der Waals surface area contributed by atoms with E-state index in [9.17, 15) is 0 Å². The number of oxazole rings is 1. The largest absolute Gasteiger partial charge is 0.456 e. The zero-order valence-electron chi connectivity index (χ0n) is 28.2. The van der Waals surface area contributed by atoms with E-state index in [1.807, 2.05) is 36.4 Å². The van der Waals surface area contributed by atoms with Crippen LogP contribution in [0.2, 0.25) is 0 Å². The van der Waals surface area contributed by atoms with E-state index in [4.69, 9.17) is 18.2 Å². The van der Waals surface area contributed by atoms with Crippen LogP contribution in [0.3, 0.4) is 0 Å². The molecule has 10 aromatic rings. The second-order valence-corrected chi connectivity index (χ2v) is 13.8. The second kappa shape index (κ2) is 10.7. The van der Waals surface area contributed by atoms with E-state index in [0.29, 0.717) is 5.58 Å². The van der Waals surface area contributed by atoms with E-state index in [1.165, 1.54) is 28.6 Å². The van der Waals surface area contributed by atoms with E-state index in [1.54, 1.807) is 0 Å². The van der Waals surface area contributed by atoms with Gasteiger partial charge in [-0.1, -0.05) is 88.4 Å². The molecular weight excluding hydrogens is 619 g/mol. The molecule has 0 saturated carbocycles. The lowest BCUT2D eigenvalue weighted by atomic mass is 9.88. The van der Waals surface area contributed by atoms with Gasteiger partial charge in [-0.25, -0.2) is 9.97 Å². The highest BCUT2D eigenvalue weighted by atomic mass is 16.3. The number of imidazole rings is 1. The van der Waals surface area contributed by atoms with E-state index in [0.717, 1.165) is 77.5 Å². The molecule has 0 fully saturated rings. The molecule has 10 rings (SSSR count). The van der Waals surface area contributed by atoms with Gasteiger partial charge >= 0.3 is 0 Å². The third-order valence-corrected chi connectivity index (χ3v) is 10.1. The molecule has 0 radical (unpaired) electrons. The zero-order valence-corrected chi connectivity index (χ0v) is 28.2. The molecule has 0 aliphatic carbocycles. The number of para-hydroxylation sites is 2.